The minimum Gasteiger partial charge on any atom is -0.370 e. The number of nitrogens with two attached hydrogens (primary N) is 2. The lowest BCUT2D eigenvalue weighted by Crippen LogP contribution is -2.26. The van der Waals surface area contributed by atoms with E-state index in [-0.39, 0.29) is 5.96 Å². The predicted molar refractivity (Wildman–Crippen MR) is 37.1 cm³/mol. The van der Waals surface area contributed by atoms with E-state index >= 15 is 0 Å². The molecule has 0 saturated carbocycles. The SMILES string of the molecule is NC(N)=N[C@H]1CCNC1. The molecule has 1 aliphatic rings. The molecule has 0 aromatic rings. The van der Waals surface area contributed by atoms with Crippen molar-refractivity contribution in [3.8, 4) is 0 Å². The van der Waals surface area contributed by atoms with Crippen molar-refractivity contribution in [2.45, 2.75) is 12.5 Å². The van der Waals surface area contributed by atoms with Gasteiger partial charge < -0.3 is 16.8 Å². The molecule has 4 nitrogen and oxygen atoms in total. The van der Waals surface area contributed by atoms with Crippen molar-refractivity contribution in [3.05, 3.63) is 0 Å². The fourth-order valence-electron chi connectivity index (χ4n) is 0.960. The van der Waals surface area contributed by atoms with E-state index < -0.39 is 0 Å². The Bertz CT molecular complexity index is 110. The van der Waals surface area contributed by atoms with Crippen LogP contribution < -0.4 is 16.8 Å². The molecule has 0 aromatic carbocycles. The number of rotatable bonds is 1. The lowest BCUT2D eigenvalue weighted by molar-refractivity contribution is 0.742. The van der Waals surface area contributed by atoms with E-state index in [0.717, 1.165) is 19.5 Å². The summed E-state index contributed by atoms with van der Waals surface area (Å²) < 4.78 is 0. The minimum atomic E-state index is 0.198. The number of nitrogens with one attached hydrogen (secondary N) is 1. The Morgan fingerprint density at radius 2 is 2.33 bits per heavy atom. The third kappa shape index (κ3) is 1.89. The fourth-order valence-corrected chi connectivity index (χ4v) is 0.960. The van der Waals surface area contributed by atoms with Crippen LogP contribution in [0.3, 0.4) is 0 Å². The van der Waals surface area contributed by atoms with Gasteiger partial charge in [-0.15, -0.1) is 0 Å². The molecule has 0 spiro atoms. The van der Waals surface area contributed by atoms with E-state index in [1.807, 2.05) is 0 Å². The number of aliphatic imine (C=N–C) groups is 1. The molecule has 1 rings (SSSR count). The molecule has 0 unspecified atom stereocenters. The van der Waals surface area contributed by atoms with Gasteiger partial charge in [-0.3, -0.25) is 0 Å². The molecule has 1 fully saturated rings. The molecule has 0 bridgehead atoms. The molecule has 1 saturated heterocycles. The van der Waals surface area contributed by atoms with Crippen LogP contribution in [0.1, 0.15) is 6.42 Å². The topological polar surface area (TPSA) is 76.4 Å². The largest absolute Gasteiger partial charge is 0.370 e. The molecule has 0 aliphatic carbocycles. The summed E-state index contributed by atoms with van der Waals surface area (Å²) in [5, 5.41) is 3.16. The van der Waals surface area contributed by atoms with Gasteiger partial charge in [-0.05, 0) is 13.0 Å². The quantitative estimate of drug-likeness (QED) is 0.301. The second kappa shape index (κ2) is 2.68. The normalized spacial score (nSPS) is 26.0. The van der Waals surface area contributed by atoms with E-state index in [1.54, 1.807) is 0 Å². The summed E-state index contributed by atoms with van der Waals surface area (Å²) in [5.41, 5.74) is 10.3. The van der Waals surface area contributed by atoms with Crippen molar-refractivity contribution in [2.24, 2.45) is 16.5 Å². The first-order valence-corrected chi connectivity index (χ1v) is 3.08. The zero-order valence-electron chi connectivity index (χ0n) is 5.30. The van der Waals surface area contributed by atoms with Crippen LogP contribution >= 0.6 is 0 Å². The second-order valence-electron chi connectivity index (χ2n) is 2.20. The fraction of sp³-hybridized carbons (Fsp3) is 0.800. The molecular formula is C5H12N4. The monoisotopic (exact) mass is 128 g/mol. The predicted octanol–water partition coefficient (Wildman–Crippen LogP) is -1.38. The molecule has 9 heavy (non-hydrogen) atoms. The summed E-state index contributed by atoms with van der Waals surface area (Å²) in [5.74, 6) is 0.198. The minimum absolute atomic E-state index is 0.198. The number of guanidine groups is 1. The van der Waals surface area contributed by atoms with E-state index in [1.165, 1.54) is 0 Å². The number of hydrogen-bond donors (Lipinski definition) is 3. The Labute approximate surface area is 54.3 Å². The maximum absolute atomic E-state index is 5.17. The average molecular weight is 128 g/mol. The van der Waals surface area contributed by atoms with Crippen molar-refractivity contribution in [1.29, 1.82) is 0 Å². The Balaban J connectivity index is 2.35. The highest BCUT2D eigenvalue weighted by molar-refractivity contribution is 5.75. The summed E-state index contributed by atoms with van der Waals surface area (Å²) in [6.07, 6.45) is 1.05. The van der Waals surface area contributed by atoms with Crippen molar-refractivity contribution in [3.63, 3.8) is 0 Å². The zero-order valence-corrected chi connectivity index (χ0v) is 5.30. The third-order valence-electron chi connectivity index (χ3n) is 1.37. The van der Waals surface area contributed by atoms with E-state index in [4.69, 9.17) is 11.5 Å². The Kier molecular flexibility index (Phi) is 1.89. The summed E-state index contributed by atoms with van der Waals surface area (Å²) in [4.78, 5) is 3.99. The van der Waals surface area contributed by atoms with E-state index in [0.29, 0.717) is 6.04 Å². The maximum Gasteiger partial charge on any atom is 0.186 e. The lowest BCUT2D eigenvalue weighted by Gasteiger charge is -1.99. The number of nitrogens with zero attached hydrogens (tertiary/aromatic N) is 1. The van der Waals surface area contributed by atoms with Crippen molar-refractivity contribution >= 4 is 5.96 Å². The molecule has 0 aromatic heterocycles. The van der Waals surface area contributed by atoms with Gasteiger partial charge in [0.25, 0.3) is 0 Å². The summed E-state index contributed by atoms with van der Waals surface area (Å²) >= 11 is 0. The Morgan fingerprint density at radius 1 is 1.56 bits per heavy atom. The van der Waals surface area contributed by atoms with Crippen LogP contribution in [0.15, 0.2) is 4.99 Å². The Morgan fingerprint density at radius 3 is 2.78 bits per heavy atom. The highest BCUT2D eigenvalue weighted by Crippen LogP contribution is 2.00. The Hall–Kier alpha value is -0.770. The summed E-state index contributed by atoms with van der Waals surface area (Å²) in [6, 6.07) is 0.315. The first-order valence-electron chi connectivity index (χ1n) is 3.08. The van der Waals surface area contributed by atoms with Crippen LogP contribution in [-0.4, -0.2) is 25.1 Å². The lowest BCUT2D eigenvalue weighted by atomic mass is 10.3. The average Bonchev–Trinajstić information content (AvgIpc) is 2.15. The van der Waals surface area contributed by atoms with Crippen LogP contribution in [0.5, 0.6) is 0 Å². The zero-order chi connectivity index (χ0) is 6.69. The van der Waals surface area contributed by atoms with Gasteiger partial charge in [-0.25, -0.2) is 4.99 Å². The van der Waals surface area contributed by atoms with Gasteiger partial charge in [0.2, 0.25) is 0 Å². The second-order valence-corrected chi connectivity index (χ2v) is 2.20. The van der Waals surface area contributed by atoms with Crippen molar-refractivity contribution < 1.29 is 0 Å². The van der Waals surface area contributed by atoms with Crippen LogP contribution in [-0.2, 0) is 0 Å². The van der Waals surface area contributed by atoms with E-state index in [9.17, 15) is 0 Å². The molecule has 0 radical (unpaired) electrons. The summed E-state index contributed by atoms with van der Waals surface area (Å²) in [6.45, 7) is 1.94. The molecule has 5 N–H and O–H groups in total. The first kappa shape index (κ1) is 6.35. The van der Waals surface area contributed by atoms with Crippen LogP contribution in [0, 0.1) is 0 Å². The van der Waals surface area contributed by atoms with Gasteiger partial charge in [0.15, 0.2) is 5.96 Å². The van der Waals surface area contributed by atoms with Gasteiger partial charge in [-0.1, -0.05) is 0 Å². The van der Waals surface area contributed by atoms with Gasteiger partial charge in [0.1, 0.15) is 0 Å². The van der Waals surface area contributed by atoms with E-state index in [2.05, 4.69) is 10.3 Å². The maximum atomic E-state index is 5.17. The van der Waals surface area contributed by atoms with Crippen LogP contribution in [0.4, 0.5) is 0 Å². The molecular weight excluding hydrogens is 116 g/mol. The molecule has 1 heterocycles. The first-order chi connectivity index (χ1) is 4.29. The standard InChI is InChI=1S/C5H12N4/c6-5(7)9-4-1-2-8-3-4/h4,8H,1-3H2,(H4,6,7,9)/t4-/m0/s1. The van der Waals surface area contributed by atoms with Gasteiger partial charge in [0, 0.05) is 6.54 Å². The van der Waals surface area contributed by atoms with Gasteiger partial charge in [-0.2, -0.15) is 0 Å². The molecule has 52 valence electrons. The van der Waals surface area contributed by atoms with Gasteiger partial charge in [0.05, 0.1) is 6.04 Å². The van der Waals surface area contributed by atoms with Crippen LogP contribution in [0.25, 0.3) is 0 Å². The van der Waals surface area contributed by atoms with Gasteiger partial charge >= 0.3 is 0 Å². The molecule has 4 heteroatoms. The van der Waals surface area contributed by atoms with Crippen molar-refractivity contribution in [2.75, 3.05) is 13.1 Å². The van der Waals surface area contributed by atoms with Crippen molar-refractivity contribution in [1.82, 2.24) is 5.32 Å². The number of hydrogen-bond acceptors (Lipinski definition) is 2. The third-order valence-corrected chi connectivity index (χ3v) is 1.37. The smallest absolute Gasteiger partial charge is 0.186 e. The highest BCUT2D eigenvalue weighted by atomic mass is 15.0. The molecule has 1 atom stereocenters. The highest BCUT2D eigenvalue weighted by Gasteiger charge is 2.11. The molecule has 1 aliphatic heterocycles. The summed E-state index contributed by atoms with van der Waals surface area (Å²) in [7, 11) is 0. The molecule has 0 amide bonds. The van der Waals surface area contributed by atoms with Crippen LogP contribution in [0.2, 0.25) is 0 Å².